The highest BCUT2D eigenvalue weighted by molar-refractivity contribution is 9.10. The number of aryl methyl sites for hydroxylation is 1. The average Bonchev–Trinajstić information content (AvgIpc) is 3.07. The van der Waals surface area contributed by atoms with E-state index in [1.165, 1.54) is 18.5 Å². The molecule has 0 amide bonds. The molecule has 1 fully saturated rings. The lowest BCUT2D eigenvalue weighted by molar-refractivity contribution is 0.416. The Morgan fingerprint density at radius 3 is 2.95 bits per heavy atom. The number of hydrogen-bond acceptors (Lipinski definition) is 3. The number of ether oxygens (including phenoxy) is 1. The quantitative estimate of drug-likeness (QED) is 0.935. The number of rotatable bonds is 3. The first-order valence-corrected chi connectivity index (χ1v) is 7.59. The Balaban J connectivity index is 2.02. The minimum Gasteiger partial charge on any atom is -0.496 e. The summed E-state index contributed by atoms with van der Waals surface area (Å²) in [6.07, 6.45) is 2.40. The number of benzene rings is 1. The molecule has 0 spiro atoms. The van der Waals surface area contributed by atoms with Crippen LogP contribution in [-0.2, 0) is 7.05 Å². The van der Waals surface area contributed by atoms with E-state index in [4.69, 9.17) is 4.74 Å². The number of halogens is 1. The third kappa shape index (κ3) is 2.47. The fraction of sp³-hybridized carbons (Fsp3) is 0.400. The van der Waals surface area contributed by atoms with Gasteiger partial charge in [-0.2, -0.15) is 5.10 Å². The molecule has 0 bridgehead atoms. The lowest BCUT2D eigenvalue weighted by atomic mass is 10.1. The fourth-order valence-corrected chi connectivity index (χ4v) is 3.12. The minimum absolute atomic E-state index is 0.416. The van der Waals surface area contributed by atoms with Gasteiger partial charge in [0.1, 0.15) is 5.75 Å². The van der Waals surface area contributed by atoms with Gasteiger partial charge in [0.15, 0.2) is 0 Å². The molecule has 1 aliphatic rings. The average molecular weight is 336 g/mol. The van der Waals surface area contributed by atoms with Gasteiger partial charge in [-0.3, -0.25) is 4.68 Å². The highest BCUT2D eigenvalue weighted by Crippen LogP contribution is 2.34. The molecule has 2 heterocycles. The van der Waals surface area contributed by atoms with E-state index in [9.17, 15) is 0 Å². The van der Waals surface area contributed by atoms with E-state index in [1.807, 2.05) is 29.9 Å². The predicted molar refractivity (Wildman–Crippen MR) is 82.9 cm³/mol. The topological polar surface area (TPSA) is 39.1 Å². The zero-order valence-electron chi connectivity index (χ0n) is 11.7. The molecule has 4 nitrogen and oxygen atoms in total. The van der Waals surface area contributed by atoms with Crippen LogP contribution >= 0.6 is 15.9 Å². The van der Waals surface area contributed by atoms with Gasteiger partial charge in [0.2, 0.25) is 0 Å². The first-order valence-electron chi connectivity index (χ1n) is 6.80. The number of nitrogens with zero attached hydrogens (tertiary/aromatic N) is 2. The zero-order valence-corrected chi connectivity index (χ0v) is 13.3. The second kappa shape index (κ2) is 5.58. The maximum atomic E-state index is 5.44. The van der Waals surface area contributed by atoms with Crippen LogP contribution < -0.4 is 10.1 Å². The third-order valence-corrected chi connectivity index (χ3v) is 4.26. The summed E-state index contributed by atoms with van der Waals surface area (Å²) < 4.78 is 8.44. The first-order chi connectivity index (χ1) is 9.69. The second-order valence-electron chi connectivity index (χ2n) is 5.07. The summed E-state index contributed by atoms with van der Waals surface area (Å²) >= 11 is 3.51. The van der Waals surface area contributed by atoms with Crippen LogP contribution in [0.2, 0.25) is 0 Å². The van der Waals surface area contributed by atoms with Gasteiger partial charge >= 0.3 is 0 Å². The van der Waals surface area contributed by atoms with Gasteiger partial charge in [0.05, 0.1) is 18.5 Å². The SMILES string of the molecule is COc1ccc(Br)cc1-c1cc(C2CCCN2)n(C)n1. The Labute approximate surface area is 127 Å². The molecule has 1 saturated heterocycles. The maximum Gasteiger partial charge on any atom is 0.128 e. The van der Waals surface area contributed by atoms with Gasteiger partial charge in [-0.25, -0.2) is 0 Å². The van der Waals surface area contributed by atoms with Crippen molar-refractivity contribution < 1.29 is 4.74 Å². The standard InChI is InChI=1S/C15H18BrN3O/c1-19-14(12-4-3-7-17-12)9-13(18-19)11-8-10(16)5-6-15(11)20-2/h5-6,8-9,12,17H,3-4,7H2,1-2H3. The molecule has 20 heavy (non-hydrogen) atoms. The van der Waals surface area contributed by atoms with Crippen molar-refractivity contribution in [2.24, 2.45) is 7.05 Å². The van der Waals surface area contributed by atoms with Crippen LogP contribution in [0.5, 0.6) is 5.75 Å². The van der Waals surface area contributed by atoms with Crippen molar-refractivity contribution in [3.05, 3.63) is 34.4 Å². The molecule has 106 valence electrons. The van der Waals surface area contributed by atoms with Crippen molar-refractivity contribution in [2.75, 3.05) is 13.7 Å². The summed E-state index contributed by atoms with van der Waals surface area (Å²) in [7, 11) is 3.69. The van der Waals surface area contributed by atoms with E-state index >= 15 is 0 Å². The van der Waals surface area contributed by atoms with Crippen molar-refractivity contribution in [3.63, 3.8) is 0 Å². The highest BCUT2D eigenvalue weighted by atomic mass is 79.9. The monoisotopic (exact) mass is 335 g/mol. The molecule has 1 N–H and O–H groups in total. The second-order valence-corrected chi connectivity index (χ2v) is 5.99. The van der Waals surface area contributed by atoms with E-state index < -0.39 is 0 Å². The number of aromatic nitrogens is 2. The largest absolute Gasteiger partial charge is 0.496 e. The van der Waals surface area contributed by atoms with Gasteiger partial charge < -0.3 is 10.1 Å². The summed E-state index contributed by atoms with van der Waals surface area (Å²) in [6.45, 7) is 1.09. The molecule has 1 atom stereocenters. The van der Waals surface area contributed by atoms with E-state index in [1.54, 1.807) is 7.11 Å². The van der Waals surface area contributed by atoms with Crippen molar-refractivity contribution in [2.45, 2.75) is 18.9 Å². The van der Waals surface area contributed by atoms with Crippen molar-refractivity contribution >= 4 is 15.9 Å². The van der Waals surface area contributed by atoms with E-state index in [2.05, 4.69) is 32.4 Å². The third-order valence-electron chi connectivity index (χ3n) is 3.77. The number of nitrogens with one attached hydrogen (secondary N) is 1. The summed E-state index contributed by atoms with van der Waals surface area (Å²) in [4.78, 5) is 0. The van der Waals surface area contributed by atoms with E-state index in [0.717, 1.165) is 28.0 Å². The van der Waals surface area contributed by atoms with Crippen LogP contribution in [0.3, 0.4) is 0 Å². The lowest BCUT2D eigenvalue weighted by Crippen LogP contribution is -2.16. The van der Waals surface area contributed by atoms with Gasteiger partial charge in [-0.1, -0.05) is 15.9 Å². The molecule has 0 aliphatic carbocycles. The predicted octanol–water partition coefficient (Wildman–Crippen LogP) is 3.28. The van der Waals surface area contributed by atoms with Gasteiger partial charge in [-0.15, -0.1) is 0 Å². The molecule has 5 heteroatoms. The summed E-state index contributed by atoms with van der Waals surface area (Å²) in [5.74, 6) is 0.845. The zero-order chi connectivity index (χ0) is 14.1. The van der Waals surface area contributed by atoms with Gasteiger partial charge in [-0.05, 0) is 43.7 Å². The number of hydrogen-bond donors (Lipinski definition) is 1. The van der Waals surface area contributed by atoms with Crippen LogP contribution in [0.25, 0.3) is 11.3 Å². The van der Waals surface area contributed by atoms with Crippen molar-refractivity contribution in [1.82, 2.24) is 15.1 Å². The van der Waals surface area contributed by atoms with Crippen LogP contribution in [0, 0.1) is 0 Å². The molecule has 1 aromatic heterocycles. The Kier molecular flexibility index (Phi) is 3.81. The van der Waals surface area contributed by atoms with Crippen LogP contribution in [0.15, 0.2) is 28.7 Å². The molecular weight excluding hydrogens is 318 g/mol. The Morgan fingerprint density at radius 2 is 2.25 bits per heavy atom. The molecule has 0 radical (unpaired) electrons. The van der Waals surface area contributed by atoms with Crippen LogP contribution in [0.4, 0.5) is 0 Å². The Morgan fingerprint density at radius 1 is 1.40 bits per heavy atom. The van der Waals surface area contributed by atoms with Gasteiger partial charge in [0, 0.05) is 23.1 Å². The summed E-state index contributed by atoms with van der Waals surface area (Å²) in [5.41, 5.74) is 3.20. The van der Waals surface area contributed by atoms with E-state index in [0.29, 0.717) is 6.04 Å². The molecular formula is C15H18BrN3O. The summed E-state index contributed by atoms with van der Waals surface area (Å²) in [6, 6.07) is 8.56. The van der Waals surface area contributed by atoms with Crippen LogP contribution in [-0.4, -0.2) is 23.4 Å². The molecule has 2 aromatic rings. The molecule has 0 saturated carbocycles. The molecule has 3 rings (SSSR count). The molecule has 1 aliphatic heterocycles. The number of methoxy groups -OCH3 is 1. The van der Waals surface area contributed by atoms with Crippen LogP contribution in [0.1, 0.15) is 24.6 Å². The lowest BCUT2D eigenvalue weighted by Gasteiger charge is -2.09. The smallest absolute Gasteiger partial charge is 0.128 e. The van der Waals surface area contributed by atoms with Gasteiger partial charge in [0.25, 0.3) is 0 Å². The molecule has 1 unspecified atom stereocenters. The van der Waals surface area contributed by atoms with Crippen molar-refractivity contribution in [1.29, 1.82) is 0 Å². The highest BCUT2D eigenvalue weighted by Gasteiger charge is 2.21. The minimum atomic E-state index is 0.416. The Bertz CT molecular complexity index is 618. The Hall–Kier alpha value is -1.33. The maximum absolute atomic E-state index is 5.44. The summed E-state index contributed by atoms with van der Waals surface area (Å²) in [5, 5.41) is 8.17. The first kappa shape index (κ1) is 13.6. The fourth-order valence-electron chi connectivity index (χ4n) is 2.76. The normalized spacial score (nSPS) is 18.4. The van der Waals surface area contributed by atoms with Crippen molar-refractivity contribution in [3.8, 4) is 17.0 Å². The van der Waals surface area contributed by atoms with E-state index in [-0.39, 0.29) is 0 Å². The molecule has 1 aromatic carbocycles.